The van der Waals surface area contributed by atoms with E-state index >= 15 is 4.39 Å². The Hall–Kier alpha value is -6.04. The van der Waals surface area contributed by atoms with Gasteiger partial charge in [-0.25, -0.2) is 22.9 Å². The van der Waals surface area contributed by atoms with Crippen molar-refractivity contribution < 1.29 is 37.1 Å². The van der Waals surface area contributed by atoms with Gasteiger partial charge in [-0.3, -0.25) is 33.6 Å². The number of phenolic OH excluding ortho intramolecular Hbond substituents is 1. The number of phenols is 1. The second kappa shape index (κ2) is 11.0. The van der Waals surface area contributed by atoms with E-state index in [2.05, 4.69) is 15.7 Å². The quantitative estimate of drug-likeness (QED) is 0.188. The molecule has 5 aromatic rings. The number of carbonyl (C=O) groups excluding carboxylic acids is 4. The molecule has 3 aromatic carbocycles. The number of nitrogens with zero attached hydrogens (tertiary/aromatic N) is 5. The van der Waals surface area contributed by atoms with Gasteiger partial charge in [0, 0.05) is 30.7 Å². The minimum atomic E-state index is -4.36. The van der Waals surface area contributed by atoms with Crippen molar-refractivity contribution in [3.05, 3.63) is 76.7 Å². The third-order valence-electron chi connectivity index (χ3n) is 8.24. The average Bonchev–Trinajstić information content (AvgIpc) is 3.66. The molecule has 4 N–H and O–H groups in total. The van der Waals surface area contributed by atoms with Crippen LogP contribution in [0.3, 0.4) is 0 Å². The second-order valence-electron chi connectivity index (χ2n) is 11.4. The van der Waals surface area contributed by atoms with E-state index in [0.29, 0.717) is 26.6 Å². The number of hydrogen-bond donors (Lipinski definition) is 4. The molecule has 0 spiro atoms. The number of benzene rings is 3. The van der Waals surface area contributed by atoms with Gasteiger partial charge in [-0.15, -0.1) is 0 Å². The fourth-order valence-corrected chi connectivity index (χ4v) is 7.17. The number of aromatic nitrogens is 4. The van der Waals surface area contributed by atoms with E-state index in [9.17, 15) is 37.5 Å². The number of piperidine rings is 1. The van der Waals surface area contributed by atoms with Crippen LogP contribution in [0.15, 0.2) is 59.7 Å². The van der Waals surface area contributed by atoms with Crippen molar-refractivity contribution in [2.24, 2.45) is 7.05 Å². The first-order valence-electron chi connectivity index (χ1n) is 14.5. The van der Waals surface area contributed by atoms with Gasteiger partial charge in [-0.2, -0.15) is 13.5 Å². The summed E-state index contributed by atoms with van der Waals surface area (Å²) in [5, 5.41) is 19.9. The van der Waals surface area contributed by atoms with E-state index in [1.807, 2.05) is 0 Å². The third-order valence-corrected chi connectivity index (χ3v) is 9.62. The summed E-state index contributed by atoms with van der Waals surface area (Å²) in [6, 6.07) is 9.58. The number of imidazole rings is 1. The number of aromatic hydroxyl groups is 1. The van der Waals surface area contributed by atoms with E-state index in [0.717, 1.165) is 6.07 Å². The maximum absolute atomic E-state index is 15.4. The van der Waals surface area contributed by atoms with Gasteiger partial charge in [0.15, 0.2) is 5.82 Å². The van der Waals surface area contributed by atoms with E-state index in [-0.39, 0.29) is 41.6 Å². The molecule has 16 nitrogen and oxygen atoms in total. The predicted octanol–water partition coefficient (Wildman–Crippen LogP) is 0.863. The smallest absolute Gasteiger partial charge is 0.329 e. The lowest BCUT2D eigenvalue weighted by atomic mass is 10.1. The lowest BCUT2D eigenvalue weighted by molar-refractivity contribution is -0.135. The van der Waals surface area contributed by atoms with Gasteiger partial charge in [0.1, 0.15) is 24.0 Å². The molecular formula is C30H25FN8O8S. The zero-order chi connectivity index (χ0) is 34.1. The summed E-state index contributed by atoms with van der Waals surface area (Å²) < 4.78 is 46.3. The number of imide groups is 1. The zero-order valence-electron chi connectivity index (χ0n) is 24.9. The summed E-state index contributed by atoms with van der Waals surface area (Å²) in [4.78, 5) is 61.7. The molecule has 0 radical (unpaired) electrons. The molecule has 0 aliphatic carbocycles. The van der Waals surface area contributed by atoms with Crippen LogP contribution < -0.4 is 25.4 Å². The molecule has 18 heteroatoms. The van der Waals surface area contributed by atoms with Crippen molar-refractivity contribution in [2.75, 3.05) is 16.2 Å². The topological polar surface area (TPSA) is 207 Å². The van der Waals surface area contributed by atoms with Crippen molar-refractivity contribution in [3.8, 4) is 11.4 Å². The van der Waals surface area contributed by atoms with Crippen LogP contribution in [0.25, 0.3) is 27.5 Å². The Morgan fingerprint density at radius 1 is 1.08 bits per heavy atom. The molecule has 4 heterocycles. The van der Waals surface area contributed by atoms with Gasteiger partial charge in [-0.1, -0.05) is 0 Å². The first-order valence-corrected chi connectivity index (χ1v) is 15.9. The standard InChI is InChI=1S/C30H25FN8O8S/c1-36-22-11-18(3-5-20(22)39(30(36)45)21-6-7-24(41)34-29(21)44)37-13-15(12-32-37)8-25(42)33-17-2-4-19-16(9-17)10-23(40)28(27(19)31)38-14-26(43)35-48(38,46)47/h2-5,9-13,21,40H,6-8,14H2,1H3,(H,33,42)(H,35,43)(H,34,41,44). The van der Waals surface area contributed by atoms with Crippen molar-refractivity contribution in [3.63, 3.8) is 0 Å². The van der Waals surface area contributed by atoms with Crippen LogP contribution in [-0.2, 0) is 42.9 Å². The highest BCUT2D eigenvalue weighted by molar-refractivity contribution is 7.92. The first-order chi connectivity index (χ1) is 22.8. The maximum Gasteiger partial charge on any atom is 0.329 e. The summed E-state index contributed by atoms with van der Waals surface area (Å²) in [5.41, 5.74) is 1.40. The SMILES string of the molecule is Cn1c(=O)n(C2CCC(=O)NC2=O)c2ccc(-n3cc(CC(=O)Nc4ccc5c(F)c(N6CC(=O)NS6(=O)=O)c(O)cc5c4)cn3)cc21. The summed E-state index contributed by atoms with van der Waals surface area (Å²) in [6.07, 6.45) is 3.38. The maximum atomic E-state index is 15.4. The number of rotatable bonds is 6. The predicted molar refractivity (Wildman–Crippen MR) is 168 cm³/mol. The van der Waals surface area contributed by atoms with Gasteiger partial charge in [0.05, 0.1) is 29.3 Å². The molecule has 48 heavy (non-hydrogen) atoms. The lowest BCUT2D eigenvalue weighted by Gasteiger charge is -2.21. The van der Waals surface area contributed by atoms with Gasteiger partial charge in [0.2, 0.25) is 17.7 Å². The van der Waals surface area contributed by atoms with Crippen LogP contribution in [0, 0.1) is 5.82 Å². The third kappa shape index (κ3) is 5.11. The Balaban J connectivity index is 1.08. The monoisotopic (exact) mass is 676 g/mol. The Bertz CT molecular complexity index is 2410. The molecule has 1 atom stereocenters. The van der Waals surface area contributed by atoms with Crippen LogP contribution in [0.2, 0.25) is 0 Å². The number of aryl methyl sites for hydroxylation is 1. The number of anilines is 2. The highest BCUT2D eigenvalue weighted by atomic mass is 32.2. The molecule has 7 rings (SSSR count). The second-order valence-corrected chi connectivity index (χ2v) is 13.0. The molecule has 246 valence electrons. The minimum Gasteiger partial charge on any atom is -0.506 e. The first kappa shape index (κ1) is 30.6. The molecule has 2 saturated heterocycles. The molecule has 2 aliphatic heterocycles. The van der Waals surface area contributed by atoms with Crippen molar-refractivity contribution in [1.29, 1.82) is 0 Å². The number of hydrogen-bond acceptors (Lipinski definition) is 9. The van der Waals surface area contributed by atoms with Crippen LogP contribution in [0.4, 0.5) is 15.8 Å². The van der Waals surface area contributed by atoms with E-state index in [1.165, 1.54) is 38.2 Å². The highest BCUT2D eigenvalue weighted by Crippen LogP contribution is 2.39. The van der Waals surface area contributed by atoms with Crippen LogP contribution in [0.1, 0.15) is 24.4 Å². The van der Waals surface area contributed by atoms with Gasteiger partial charge < -0.3 is 10.4 Å². The normalized spacial score (nSPS) is 17.6. The number of fused-ring (bicyclic) bond motifs is 2. The minimum absolute atomic E-state index is 0.0430. The number of amides is 4. The molecular weight excluding hydrogens is 651 g/mol. The molecule has 1 unspecified atom stereocenters. The number of carbonyl (C=O) groups is 4. The number of nitrogens with one attached hydrogen (secondary N) is 3. The molecule has 4 amide bonds. The summed E-state index contributed by atoms with van der Waals surface area (Å²) in [5.74, 6) is -3.97. The molecule has 2 aliphatic rings. The van der Waals surface area contributed by atoms with Crippen molar-refractivity contribution in [2.45, 2.75) is 25.3 Å². The van der Waals surface area contributed by atoms with Gasteiger partial charge in [0.25, 0.3) is 5.91 Å². The van der Waals surface area contributed by atoms with E-state index in [1.54, 1.807) is 36.2 Å². The Morgan fingerprint density at radius 3 is 2.60 bits per heavy atom. The number of halogens is 1. The Kier molecular flexibility index (Phi) is 7.04. The Morgan fingerprint density at radius 2 is 1.88 bits per heavy atom. The van der Waals surface area contributed by atoms with Crippen molar-refractivity contribution >= 4 is 67.0 Å². The molecule has 2 aromatic heterocycles. The highest BCUT2D eigenvalue weighted by Gasteiger charge is 2.38. The van der Waals surface area contributed by atoms with Gasteiger partial charge in [-0.05, 0) is 59.8 Å². The van der Waals surface area contributed by atoms with Crippen LogP contribution in [-0.4, -0.2) is 62.6 Å². The zero-order valence-corrected chi connectivity index (χ0v) is 25.7. The average molecular weight is 677 g/mol. The van der Waals surface area contributed by atoms with Gasteiger partial charge >= 0.3 is 15.9 Å². The summed E-state index contributed by atoms with van der Waals surface area (Å²) in [6.45, 7) is -0.685. The van der Waals surface area contributed by atoms with Crippen molar-refractivity contribution in [1.82, 2.24) is 29.0 Å². The summed E-state index contributed by atoms with van der Waals surface area (Å²) in [7, 11) is -2.78. The fraction of sp³-hybridized carbons (Fsp3) is 0.200. The molecule has 2 fully saturated rings. The largest absolute Gasteiger partial charge is 0.506 e. The van der Waals surface area contributed by atoms with Crippen LogP contribution in [0.5, 0.6) is 5.75 Å². The summed E-state index contributed by atoms with van der Waals surface area (Å²) >= 11 is 0. The molecule has 0 saturated carbocycles. The van der Waals surface area contributed by atoms with E-state index < -0.39 is 63.5 Å². The lowest BCUT2D eigenvalue weighted by Crippen LogP contribution is -2.44. The fourth-order valence-electron chi connectivity index (χ4n) is 6.01. The Labute approximate surface area is 269 Å². The molecule has 0 bridgehead atoms. The van der Waals surface area contributed by atoms with E-state index in [4.69, 9.17) is 0 Å². The van der Waals surface area contributed by atoms with Crippen LogP contribution >= 0.6 is 0 Å².